The third kappa shape index (κ3) is 2.30. The summed E-state index contributed by atoms with van der Waals surface area (Å²) in [6.45, 7) is 5.19. The van der Waals surface area contributed by atoms with Gasteiger partial charge in [-0.05, 0) is 32.2 Å². The summed E-state index contributed by atoms with van der Waals surface area (Å²) >= 11 is 6.00. The Morgan fingerprint density at radius 1 is 1.25 bits per heavy atom. The number of piperazine rings is 1. The maximum absolute atomic E-state index is 12.6. The molecule has 0 unspecified atom stereocenters. The molecule has 1 aliphatic rings. The maximum atomic E-state index is 12.6. The van der Waals surface area contributed by atoms with E-state index in [1.807, 2.05) is 24.0 Å². The van der Waals surface area contributed by atoms with E-state index >= 15 is 0 Å². The van der Waals surface area contributed by atoms with Crippen LogP contribution in [0.5, 0.6) is 0 Å². The number of carbonyl (C=O) groups excluding carboxylic acids is 1. The Kier molecular flexibility index (Phi) is 3.44. The molecule has 0 radical (unpaired) electrons. The Balaban J connectivity index is 1.93. The zero-order valence-corrected chi connectivity index (χ0v) is 12.4. The molecule has 106 valence electrons. The number of benzene rings is 1. The molecule has 1 amide bonds. The molecule has 3 rings (SSSR count). The predicted molar refractivity (Wildman–Crippen MR) is 79.4 cm³/mol. The van der Waals surface area contributed by atoms with Crippen molar-refractivity contribution in [1.82, 2.24) is 9.80 Å². The first-order chi connectivity index (χ1) is 9.56. The molecule has 0 atom stereocenters. The molecule has 0 N–H and O–H groups in total. The van der Waals surface area contributed by atoms with Gasteiger partial charge in [-0.15, -0.1) is 0 Å². The first-order valence-corrected chi connectivity index (χ1v) is 7.10. The molecule has 1 aromatic heterocycles. The Morgan fingerprint density at radius 2 is 1.95 bits per heavy atom. The van der Waals surface area contributed by atoms with Crippen molar-refractivity contribution >= 4 is 28.5 Å². The molecule has 0 aliphatic carbocycles. The van der Waals surface area contributed by atoms with E-state index in [0.29, 0.717) is 16.4 Å². The number of amides is 1. The van der Waals surface area contributed by atoms with E-state index in [-0.39, 0.29) is 5.91 Å². The maximum Gasteiger partial charge on any atom is 0.289 e. The molecule has 0 spiro atoms. The van der Waals surface area contributed by atoms with E-state index < -0.39 is 0 Å². The van der Waals surface area contributed by atoms with Crippen molar-refractivity contribution in [3.05, 3.63) is 34.5 Å². The molecule has 0 saturated carbocycles. The Morgan fingerprint density at radius 3 is 2.65 bits per heavy atom. The van der Waals surface area contributed by atoms with Crippen LogP contribution in [0.25, 0.3) is 11.0 Å². The summed E-state index contributed by atoms with van der Waals surface area (Å²) in [4.78, 5) is 16.6. The van der Waals surface area contributed by atoms with E-state index in [2.05, 4.69) is 11.9 Å². The van der Waals surface area contributed by atoms with Crippen molar-refractivity contribution in [1.29, 1.82) is 0 Å². The molecular formula is C15H17ClN2O2. The molecule has 1 saturated heterocycles. The zero-order chi connectivity index (χ0) is 14.3. The second kappa shape index (κ2) is 5.11. The second-order valence-corrected chi connectivity index (χ2v) is 5.73. The summed E-state index contributed by atoms with van der Waals surface area (Å²) in [5, 5.41) is 1.56. The molecule has 4 nitrogen and oxygen atoms in total. The van der Waals surface area contributed by atoms with Crippen LogP contribution < -0.4 is 0 Å². The van der Waals surface area contributed by atoms with Gasteiger partial charge in [0.1, 0.15) is 5.58 Å². The molecule has 1 aliphatic heterocycles. The fourth-order valence-electron chi connectivity index (χ4n) is 2.55. The number of hydrogen-bond donors (Lipinski definition) is 0. The van der Waals surface area contributed by atoms with Crippen LogP contribution in [0.2, 0.25) is 5.02 Å². The SMILES string of the molecule is Cc1c(C(=O)N2CCN(C)CC2)oc2ccc(Cl)cc12. The van der Waals surface area contributed by atoms with Crippen molar-refractivity contribution in [2.75, 3.05) is 33.2 Å². The quantitative estimate of drug-likeness (QED) is 0.811. The van der Waals surface area contributed by atoms with Crippen LogP contribution in [0.3, 0.4) is 0 Å². The van der Waals surface area contributed by atoms with Crippen LogP contribution in [0.1, 0.15) is 16.1 Å². The van der Waals surface area contributed by atoms with E-state index in [0.717, 1.165) is 37.1 Å². The van der Waals surface area contributed by atoms with Crippen LogP contribution in [-0.2, 0) is 0 Å². The van der Waals surface area contributed by atoms with Gasteiger partial charge < -0.3 is 14.2 Å². The molecule has 2 aromatic rings. The van der Waals surface area contributed by atoms with Gasteiger partial charge in [0.25, 0.3) is 5.91 Å². The van der Waals surface area contributed by atoms with Crippen LogP contribution in [-0.4, -0.2) is 48.9 Å². The lowest BCUT2D eigenvalue weighted by molar-refractivity contribution is 0.0634. The van der Waals surface area contributed by atoms with E-state index in [1.165, 1.54) is 0 Å². The van der Waals surface area contributed by atoms with E-state index in [4.69, 9.17) is 16.0 Å². The van der Waals surface area contributed by atoms with Crippen LogP contribution in [0.15, 0.2) is 22.6 Å². The van der Waals surface area contributed by atoms with Crippen LogP contribution in [0.4, 0.5) is 0 Å². The van der Waals surface area contributed by atoms with Gasteiger partial charge in [0.05, 0.1) is 0 Å². The molecule has 5 heteroatoms. The Bertz CT molecular complexity index is 657. The molecular weight excluding hydrogens is 276 g/mol. The molecule has 0 bridgehead atoms. The Hall–Kier alpha value is -1.52. The van der Waals surface area contributed by atoms with Crippen LogP contribution in [0, 0.1) is 6.92 Å². The summed E-state index contributed by atoms with van der Waals surface area (Å²) in [5.74, 6) is 0.412. The predicted octanol–water partition coefficient (Wildman–Crippen LogP) is 2.78. The topological polar surface area (TPSA) is 36.7 Å². The van der Waals surface area contributed by atoms with Crippen molar-refractivity contribution in [2.45, 2.75) is 6.92 Å². The summed E-state index contributed by atoms with van der Waals surface area (Å²) in [6, 6.07) is 5.43. The number of aryl methyl sites for hydroxylation is 1. The lowest BCUT2D eigenvalue weighted by Gasteiger charge is -2.31. The highest BCUT2D eigenvalue weighted by Crippen LogP contribution is 2.28. The largest absolute Gasteiger partial charge is 0.451 e. The van der Waals surface area contributed by atoms with Gasteiger partial charge in [0.15, 0.2) is 5.76 Å². The van der Waals surface area contributed by atoms with Crippen molar-refractivity contribution in [3.63, 3.8) is 0 Å². The number of nitrogens with zero attached hydrogens (tertiary/aromatic N) is 2. The average molecular weight is 293 g/mol. The third-order valence-corrected chi connectivity index (χ3v) is 4.12. The van der Waals surface area contributed by atoms with Crippen LogP contribution >= 0.6 is 11.6 Å². The van der Waals surface area contributed by atoms with Crippen molar-refractivity contribution in [3.8, 4) is 0 Å². The number of carbonyl (C=O) groups is 1. The standard InChI is InChI=1S/C15H17ClN2O2/c1-10-12-9-11(16)3-4-13(12)20-14(10)15(19)18-7-5-17(2)6-8-18/h3-4,9H,5-8H2,1-2H3. The van der Waals surface area contributed by atoms with Gasteiger partial charge in [0, 0.05) is 42.2 Å². The van der Waals surface area contributed by atoms with Crippen molar-refractivity contribution in [2.24, 2.45) is 0 Å². The number of fused-ring (bicyclic) bond motifs is 1. The minimum atomic E-state index is -0.0251. The highest BCUT2D eigenvalue weighted by atomic mass is 35.5. The molecule has 20 heavy (non-hydrogen) atoms. The normalized spacial score (nSPS) is 16.9. The fraction of sp³-hybridized carbons (Fsp3) is 0.400. The molecule has 1 fully saturated rings. The van der Waals surface area contributed by atoms with E-state index in [9.17, 15) is 4.79 Å². The Labute approximate surface area is 122 Å². The second-order valence-electron chi connectivity index (χ2n) is 5.29. The third-order valence-electron chi connectivity index (χ3n) is 3.88. The lowest BCUT2D eigenvalue weighted by Crippen LogP contribution is -2.47. The minimum Gasteiger partial charge on any atom is -0.451 e. The van der Waals surface area contributed by atoms with Gasteiger partial charge in [-0.2, -0.15) is 0 Å². The lowest BCUT2D eigenvalue weighted by atomic mass is 10.1. The number of likely N-dealkylation sites (N-methyl/N-ethyl adjacent to an activating group) is 1. The number of rotatable bonds is 1. The fourth-order valence-corrected chi connectivity index (χ4v) is 2.72. The zero-order valence-electron chi connectivity index (χ0n) is 11.6. The first-order valence-electron chi connectivity index (χ1n) is 6.73. The smallest absolute Gasteiger partial charge is 0.289 e. The number of halogens is 1. The van der Waals surface area contributed by atoms with Gasteiger partial charge >= 0.3 is 0 Å². The van der Waals surface area contributed by atoms with Gasteiger partial charge in [-0.1, -0.05) is 11.6 Å². The number of furan rings is 1. The first kappa shape index (κ1) is 13.5. The van der Waals surface area contributed by atoms with Gasteiger partial charge in [-0.3, -0.25) is 4.79 Å². The summed E-state index contributed by atoms with van der Waals surface area (Å²) in [5.41, 5.74) is 1.58. The van der Waals surface area contributed by atoms with E-state index in [1.54, 1.807) is 6.07 Å². The molecule has 2 heterocycles. The average Bonchev–Trinajstić information content (AvgIpc) is 2.76. The summed E-state index contributed by atoms with van der Waals surface area (Å²) in [7, 11) is 2.07. The van der Waals surface area contributed by atoms with Gasteiger partial charge in [-0.25, -0.2) is 0 Å². The number of hydrogen-bond acceptors (Lipinski definition) is 3. The van der Waals surface area contributed by atoms with Crippen molar-refractivity contribution < 1.29 is 9.21 Å². The molecule has 1 aromatic carbocycles. The highest BCUT2D eigenvalue weighted by molar-refractivity contribution is 6.31. The summed E-state index contributed by atoms with van der Waals surface area (Å²) < 4.78 is 5.73. The summed E-state index contributed by atoms with van der Waals surface area (Å²) in [6.07, 6.45) is 0. The minimum absolute atomic E-state index is 0.0251. The van der Waals surface area contributed by atoms with Gasteiger partial charge in [0.2, 0.25) is 0 Å². The monoisotopic (exact) mass is 292 g/mol. The highest BCUT2D eigenvalue weighted by Gasteiger charge is 2.25.